The number of phenols is 4. The van der Waals surface area contributed by atoms with Gasteiger partial charge in [-0.15, -0.1) is 0 Å². The number of esters is 2. The van der Waals surface area contributed by atoms with Crippen LogP contribution >= 0.6 is 0 Å². The first-order valence-corrected chi connectivity index (χ1v) is 9.86. The summed E-state index contributed by atoms with van der Waals surface area (Å²) in [5.41, 5.74) is 0.236. The van der Waals surface area contributed by atoms with Crippen molar-refractivity contribution in [1.82, 2.24) is 0 Å². The lowest BCUT2D eigenvalue weighted by Crippen LogP contribution is -2.60. The van der Waals surface area contributed by atoms with Gasteiger partial charge in [-0.3, -0.25) is 0 Å². The summed E-state index contributed by atoms with van der Waals surface area (Å²) >= 11 is 0. The van der Waals surface area contributed by atoms with Crippen LogP contribution in [-0.2, 0) is 19.0 Å². The first-order valence-electron chi connectivity index (χ1n) is 9.86. The first kappa shape index (κ1) is 24.8. The molecule has 1 aliphatic rings. The summed E-state index contributed by atoms with van der Waals surface area (Å²) in [4.78, 5) is 24.1. The minimum absolute atomic E-state index is 0.0407. The van der Waals surface area contributed by atoms with E-state index in [1.54, 1.807) is 0 Å². The van der Waals surface area contributed by atoms with Crippen LogP contribution in [0.3, 0.4) is 0 Å². The number of benzene rings is 2. The Morgan fingerprint density at radius 3 is 2.18 bits per heavy atom. The third-order valence-electron chi connectivity index (χ3n) is 4.90. The van der Waals surface area contributed by atoms with Crippen LogP contribution in [0.2, 0.25) is 0 Å². The molecule has 0 bridgehead atoms. The Bertz CT molecular complexity index is 1040. The molecule has 0 saturated carbocycles. The fourth-order valence-corrected chi connectivity index (χ4v) is 3.07. The smallest absolute Gasteiger partial charge is 0.338 e. The van der Waals surface area contributed by atoms with E-state index >= 15 is 0 Å². The number of phenolic OH excluding ortho intramolecular Hbond substituents is 4. The van der Waals surface area contributed by atoms with Crippen LogP contribution in [0.4, 0.5) is 0 Å². The lowest BCUT2D eigenvalue weighted by atomic mass is 9.99. The first-order chi connectivity index (χ1) is 16.1. The van der Waals surface area contributed by atoms with Crippen molar-refractivity contribution < 1.29 is 59.5 Å². The molecule has 12 heteroatoms. The number of carbonyl (C=O) groups is 2. The highest BCUT2D eigenvalue weighted by molar-refractivity contribution is 5.91. The van der Waals surface area contributed by atoms with E-state index in [9.17, 15) is 45.3 Å². The zero-order valence-electron chi connectivity index (χ0n) is 17.4. The van der Waals surface area contributed by atoms with Crippen LogP contribution in [0.5, 0.6) is 23.0 Å². The molecule has 1 saturated heterocycles. The summed E-state index contributed by atoms with van der Waals surface area (Å²) in [5, 5.41) is 68.2. The molecule has 2 aromatic carbocycles. The van der Waals surface area contributed by atoms with E-state index in [4.69, 9.17) is 14.2 Å². The van der Waals surface area contributed by atoms with Gasteiger partial charge in [-0.05, 0) is 35.9 Å². The highest BCUT2D eigenvalue weighted by atomic mass is 16.7. The van der Waals surface area contributed by atoms with Crippen LogP contribution < -0.4 is 0 Å². The topological polar surface area (TPSA) is 203 Å². The molecule has 0 amide bonds. The van der Waals surface area contributed by atoms with Crippen LogP contribution in [0.15, 0.2) is 42.5 Å². The quantitative estimate of drug-likeness (QED) is 0.163. The van der Waals surface area contributed by atoms with E-state index in [1.807, 2.05) is 0 Å². The lowest BCUT2D eigenvalue weighted by Gasteiger charge is -2.39. The fourth-order valence-electron chi connectivity index (χ4n) is 3.07. The number of aliphatic hydroxyl groups excluding tert-OH is 3. The van der Waals surface area contributed by atoms with Crippen molar-refractivity contribution in [2.45, 2.75) is 30.7 Å². The second kappa shape index (κ2) is 10.4. The monoisotopic (exact) mass is 478 g/mol. The SMILES string of the molecule is O=C(/C=C/c1ccc(O)cc1)O[C@@H]1[C@@H](O)[C@H](O)[C@@H](COC(=O)c2cc(O)c(O)c(O)c2)O[C@H]1O. The maximum Gasteiger partial charge on any atom is 0.338 e. The summed E-state index contributed by atoms with van der Waals surface area (Å²) in [7, 11) is 0. The summed E-state index contributed by atoms with van der Waals surface area (Å²) in [6, 6.07) is 7.54. The van der Waals surface area contributed by atoms with Crippen molar-refractivity contribution >= 4 is 18.0 Å². The molecular weight excluding hydrogens is 456 g/mol. The Morgan fingerprint density at radius 1 is 0.941 bits per heavy atom. The van der Waals surface area contributed by atoms with Gasteiger partial charge in [-0.1, -0.05) is 12.1 Å². The summed E-state index contributed by atoms with van der Waals surface area (Å²) in [6.07, 6.45) is -6.07. The molecule has 0 unspecified atom stereocenters. The Hall–Kier alpha value is -3.84. The van der Waals surface area contributed by atoms with E-state index in [2.05, 4.69) is 0 Å². The summed E-state index contributed by atoms with van der Waals surface area (Å²) in [5.74, 6) is -4.35. The average molecular weight is 478 g/mol. The van der Waals surface area contributed by atoms with Gasteiger partial charge in [0.05, 0.1) is 5.56 Å². The van der Waals surface area contributed by atoms with Crippen LogP contribution in [-0.4, -0.2) is 85.0 Å². The maximum atomic E-state index is 12.1. The predicted octanol–water partition coefficient (Wildman–Crippen LogP) is -0.270. The second-order valence-electron chi connectivity index (χ2n) is 7.33. The van der Waals surface area contributed by atoms with Crippen molar-refractivity contribution in [2.24, 2.45) is 0 Å². The Kier molecular flexibility index (Phi) is 7.58. The Balaban J connectivity index is 1.57. The molecule has 0 spiro atoms. The van der Waals surface area contributed by atoms with Gasteiger partial charge in [0.2, 0.25) is 0 Å². The lowest BCUT2D eigenvalue weighted by molar-refractivity contribution is -0.289. The Labute approximate surface area is 192 Å². The summed E-state index contributed by atoms with van der Waals surface area (Å²) in [6.45, 7) is -0.655. The predicted molar refractivity (Wildman–Crippen MR) is 112 cm³/mol. The molecule has 2 aromatic rings. The number of aliphatic hydroxyl groups is 3. The minimum atomic E-state index is -1.87. The van der Waals surface area contributed by atoms with Crippen LogP contribution in [0.1, 0.15) is 15.9 Å². The molecular formula is C22H22O12. The third kappa shape index (κ3) is 5.74. The second-order valence-corrected chi connectivity index (χ2v) is 7.33. The molecule has 34 heavy (non-hydrogen) atoms. The molecule has 5 atom stereocenters. The molecule has 7 N–H and O–H groups in total. The van der Waals surface area contributed by atoms with E-state index in [0.29, 0.717) is 5.56 Å². The zero-order chi connectivity index (χ0) is 25.0. The molecule has 12 nitrogen and oxygen atoms in total. The summed E-state index contributed by atoms with van der Waals surface area (Å²) < 4.78 is 15.0. The standard InChI is InChI=1S/C22H22O12/c23-12-4-1-10(2-5-12)3-6-16(26)34-20-19(29)18(28)15(33-22(20)31)9-32-21(30)11-7-13(24)17(27)14(25)8-11/h1-8,15,18-20,22-25,27-29,31H,9H2/b6-3+/t15-,18-,19+,20-,22-/m1/s1. The highest BCUT2D eigenvalue weighted by Crippen LogP contribution is 2.35. The molecule has 1 fully saturated rings. The van der Waals surface area contributed by atoms with Crippen molar-refractivity contribution in [3.05, 3.63) is 53.6 Å². The highest BCUT2D eigenvalue weighted by Gasteiger charge is 2.46. The Morgan fingerprint density at radius 2 is 1.56 bits per heavy atom. The number of carbonyl (C=O) groups excluding carboxylic acids is 2. The van der Waals surface area contributed by atoms with Gasteiger partial charge < -0.3 is 50.0 Å². The van der Waals surface area contributed by atoms with Gasteiger partial charge in [-0.2, -0.15) is 0 Å². The van der Waals surface area contributed by atoms with Gasteiger partial charge in [0, 0.05) is 6.08 Å². The van der Waals surface area contributed by atoms with Crippen LogP contribution in [0.25, 0.3) is 6.08 Å². The zero-order valence-corrected chi connectivity index (χ0v) is 17.4. The van der Waals surface area contributed by atoms with Gasteiger partial charge in [0.1, 0.15) is 30.7 Å². The average Bonchev–Trinajstić information content (AvgIpc) is 2.80. The van der Waals surface area contributed by atoms with Crippen molar-refractivity contribution in [2.75, 3.05) is 6.61 Å². The van der Waals surface area contributed by atoms with E-state index < -0.39 is 66.5 Å². The van der Waals surface area contributed by atoms with E-state index in [1.165, 1.54) is 30.3 Å². The molecule has 0 aromatic heterocycles. The van der Waals surface area contributed by atoms with E-state index in [0.717, 1.165) is 18.2 Å². The number of ether oxygens (including phenoxy) is 3. The maximum absolute atomic E-state index is 12.1. The number of hydrogen-bond donors (Lipinski definition) is 7. The number of rotatable bonds is 6. The van der Waals surface area contributed by atoms with E-state index in [-0.39, 0.29) is 11.3 Å². The van der Waals surface area contributed by atoms with Crippen molar-refractivity contribution in [1.29, 1.82) is 0 Å². The molecule has 1 aliphatic heterocycles. The molecule has 0 radical (unpaired) electrons. The largest absolute Gasteiger partial charge is 0.508 e. The van der Waals surface area contributed by atoms with Crippen molar-refractivity contribution in [3.63, 3.8) is 0 Å². The van der Waals surface area contributed by atoms with Crippen LogP contribution in [0, 0.1) is 0 Å². The molecule has 3 rings (SSSR count). The number of aromatic hydroxyl groups is 4. The normalized spacial score (nSPS) is 24.6. The number of hydrogen-bond acceptors (Lipinski definition) is 12. The van der Waals surface area contributed by atoms with Crippen molar-refractivity contribution in [3.8, 4) is 23.0 Å². The van der Waals surface area contributed by atoms with Gasteiger partial charge in [0.15, 0.2) is 29.6 Å². The minimum Gasteiger partial charge on any atom is -0.508 e. The molecule has 0 aliphatic carbocycles. The van der Waals surface area contributed by atoms with Gasteiger partial charge in [0.25, 0.3) is 0 Å². The van der Waals surface area contributed by atoms with Gasteiger partial charge >= 0.3 is 11.9 Å². The molecule has 1 heterocycles. The molecule has 182 valence electrons. The van der Waals surface area contributed by atoms with Gasteiger partial charge in [-0.25, -0.2) is 9.59 Å². The third-order valence-corrected chi connectivity index (χ3v) is 4.90. The fraction of sp³-hybridized carbons (Fsp3) is 0.273.